The van der Waals surface area contributed by atoms with Crippen LogP contribution in [0.4, 0.5) is 5.69 Å². The molecule has 28 heavy (non-hydrogen) atoms. The molecule has 6 nitrogen and oxygen atoms in total. The van der Waals surface area contributed by atoms with Gasteiger partial charge in [0.25, 0.3) is 5.91 Å². The van der Waals surface area contributed by atoms with Gasteiger partial charge in [-0.1, -0.05) is 23.7 Å². The molecule has 0 saturated carbocycles. The van der Waals surface area contributed by atoms with Crippen molar-refractivity contribution in [1.29, 1.82) is 0 Å². The minimum absolute atomic E-state index is 0.0585. The molecule has 1 atom stereocenters. The van der Waals surface area contributed by atoms with Crippen molar-refractivity contribution < 1.29 is 17.9 Å². The summed E-state index contributed by atoms with van der Waals surface area (Å²) >= 11 is 6.10. The second-order valence-corrected chi connectivity index (χ2v) is 9.05. The van der Waals surface area contributed by atoms with E-state index in [0.29, 0.717) is 12.3 Å². The summed E-state index contributed by atoms with van der Waals surface area (Å²) in [6.07, 6.45) is 1.60. The van der Waals surface area contributed by atoms with Gasteiger partial charge in [0.2, 0.25) is 10.0 Å². The number of halogens is 1. The van der Waals surface area contributed by atoms with Crippen LogP contribution < -0.4 is 10.0 Å². The third kappa shape index (κ3) is 4.91. The molecular weight excluding hydrogens is 400 g/mol. The maximum Gasteiger partial charge on any atom is 0.255 e. The number of nitrogens with one attached hydrogen (secondary N) is 2. The monoisotopic (exact) mass is 422 g/mol. The average Bonchev–Trinajstić information content (AvgIpc) is 3.17. The molecule has 1 amide bonds. The molecule has 8 heteroatoms. The highest BCUT2D eigenvalue weighted by atomic mass is 35.5. The molecule has 1 aliphatic heterocycles. The summed E-state index contributed by atoms with van der Waals surface area (Å²) < 4.78 is 33.3. The Bertz CT molecular complexity index is 986. The van der Waals surface area contributed by atoms with E-state index in [9.17, 15) is 13.2 Å². The van der Waals surface area contributed by atoms with Crippen molar-refractivity contribution in [2.24, 2.45) is 0 Å². The van der Waals surface area contributed by atoms with Gasteiger partial charge >= 0.3 is 0 Å². The lowest BCUT2D eigenvalue weighted by Crippen LogP contribution is -2.32. The standard InChI is InChI=1S/C20H23ClN2O4S/c1-13-5-6-14(2)18(10-13)23-20(24)15-7-8-17(21)19(11-15)28(25,26)22-12-16-4-3-9-27-16/h5-8,10-11,16,22H,3-4,9,12H2,1-2H3,(H,23,24)/t16-/m1/s1. The van der Waals surface area contributed by atoms with Gasteiger partial charge in [-0.05, 0) is 62.1 Å². The van der Waals surface area contributed by atoms with Crippen molar-refractivity contribution in [3.8, 4) is 0 Å². The predicted molar refractivity (Wildman–Crippen MR) is 109 cm³/mol. The van der Waals surface area contributed by atoms with Gasteiger partial charge in [0, 0.05) is 24.4 Å². The largest absolute Gasteiger partial charge is 0.377 e. The van der Waals surface area contributed by atoms with Crippen LogP contribution >= 0.6 is 11.6 Å². The summed E-state index contributed by atoms with van der Waals surface area (Å²) in [4.78, 5) is 12.5. The normalized spacial score (nSPS) is 16.9. The molecule has 1 heterocycles. The van der Waals surface area contributed by atoms with Crippen LogP contribution in [0.15, 0.2) is 41.3 Å². The molecule has 1 aliphatic rings. The minimum atomic E-state index is -3.86. The molecule has 0 radical (unpaired) electrons. The highest BCUT2D eigenvalue weighted by Crippen LogP contribution is 2.24. The fourth-order valence-electron chi connectivity index (χ4n) is 3.00. The van der Waals surface area contributed by atoms with E-state index in [0.717, 1.165) is 24.0 Å². The summed E-state index contributed by atoms with van der Waals surface area (Å²) in [5.74, 6) is -0.402. The molecule has 0 unspecified atom stereocenters. The van der Waals surface area contributed by atoms with Gasteiger partial charge in [-0.2, -0.15) is 0 Å². The number of sulfonamides is 1. The predicted octanol–water partition coefficient (Wildman–Crippen LogP) is 3.67. The van der Waals surface area contributed by atoms with E-state index in [2.05, 4.69) is 10.0 Å². The first-order valence-corrected chi connectivity index (χ1v) is 10.9. The summed E-state index contributed by atoms with van der Waals surface area (Å²) in [7, 11) is -3.86. The fraction of sp³-hybridized carbons (Fsp3) is 0.350. The number of hydrogen-bond donors (Lipinski definition) is 2. The zero-order valence-corrected chi connectivity index (χ0v) is 17.4. The van der Waals surface area contributed by atoms with E-state index in [1.54, 1.807) is 0 Å². The van der Waals surface area contributed by atoms with Crippen molar-refractivity contribution in [2.45, 2.75) is 37.7 Å². The Morgan fingerprint density at radius 2 is 2.00 bits per heavy atom. The number of rotatable bonds is 6. The zero-order chi connectivity index (χ0) is 20.3. The van der Waals surface area contributed by atoms with E-state index in [1.165, 1.54) is 18.2 Å². The van der Waals surface area contributed by atoms with Crippen molar-refractivity contribution >= 4 is 33.2 Å². The van der Waals surface area contributed by atoms with E-state index in [-0.39, 0.29) is 28.1 Å². The molecule has 2 N–H and O–H groups in total. The molecule has 2 aromatic carbocycles. The number of carbonyl (C=O) groups is 1. The van der Waals surface area contributed by atoms with Gasteiger partial charge in [0.05, 0.1) is 11.1 Å². The van der Waals surface area contributed by atoms with Crippen molar-refractivity contribution in [3.63, 3.8) is 0 Å². The Morgan fingerprint density at radius 3 is 2.71 bits per heavy atom. The smallest absolute Gasteiger partial charge is 0.255 e. The van der Waals surface area contributed by atoms with Crippen LogP contribution in [0.25, 0.3) is 0 Å². The van der Waals surface area contributed by atoms with E-state index in [4.69, 9.17) is 16.3 Å². The molecule has 150 valence electrons. The van der Waals surface area contributed by atoms with E-state index < -0.39 is 15.9 Å². The SMILES string of the molecule is Cc1ccc(C)c(NC(=O)c2ccc(Cl)c(S(=O)(=O)NC[C@H]3CCCO3)c2)c1. The van der Waals surface area contributed by atoms with Crippen molar-refractivity contribution in [1.82, 2.24) is 4.72 Å². The maximum absolute atomic E-state index is 12.7. The fourth-order valence-corrected chi connectivity index (χ4v) is 4.59. The van der Waals surface area contributed by atoms with Crippen molar-refractivity contribution in [3.05, 3.63) is 58.1 Å². The topological polar surface area (TPSA) is 84.5 Å². The number of carbonyl (C=O) groups excluding carboxylic acids is 1. The molecule has 0 spiro atoms. The molecule has 3 rings (SSSR count). The van der Waals surface area contributed by atoms with Gasteiger partial charge in [0.1, 0.15) is 4.90 Å². The third-order valence-electron chi connectivity index (χ3n) is 4.65. The second kappa shape index (κ2) is 8.61. The lowest BCUT2D eigenvalue weighted by atomic mass is 10.1. The number of aryl methyl sites for hydroxylation is 2. The number of amides is 1. The van der Waals surface area contributed by atoms with Crippen LogP contribution in [0, 0.1) is 13.8 Å². The molecular formula is C20H23ClN2O4S. The summed E-state index contributed by atoms with van der Waals surface area (Å²) in [5.41, 5.74) is 2.82. The first-order valence-electron chi connectivity index (χ1n) is 9.06. The molecule has 0 aromatic heterocycles. The number of ether oxygens (including phenoxy) is 1. The van der Waals surface area contributed by atoms with E-state index in [1.807, 2.05) is 32.0 Å². The second-order valence-electron chi connectivity index (χ2n) is 6.90. The Labute approximate surface area is 170 Å². The molecule has 0 bridgehead atoms. The van der Waals surface area contributed by atoms with Crippen LogP contribution in [0.1, 0.15) is 34.3 Å². The van der Waals surface area contributed by atoms with Crippen LogP contribution in [-0.2, 0) is 14.8 Å². The summed E-state index contributed by atoms with van der Waals surface area (Å²) in [5, 5.41) is 2.88. The van der Waals surface area contributed by atoms with E-state index >= 15 is 0 Å². The minimum Gasteiger partial charge on any atom is -0.377 e. The molecule has 1 fully saturated rings. The summed E-state index contributed by atoms with van der Waals surface area (Å²) in [6, 6.07) is 9.95. The van der Waals surface area contributed by atoms with Crippen molar-refractivity contribution in [2.75, 3.05) is 18.5 Å². The number of benzene rings is 2. The van der Waals surface area contributed by atoms with Gasteiger partial charge < -0.3 is 10.1 Å². The van der Waals surface area contributed by atoms with Gasteiger partial charge in [0.15, 0.2) is 0 Å². The zero-order valence-electron chi connectivity index (χ0n) is 15.8. The lowest BCUT2D eigenvalue weighted by molar-refractivity contribution is 0.102. The molecule has 0 aliphatic carbocycles. The lowest BCUT2D eigenvalue weighted by Gasteiger charge is -2.14. The Morgan fingerprint density at radius 1 is 1.21 bits per heavy atom. The highest BCUT2D eigenvalue weighted by Gasteiger charge is 2.23. The quantitative estimate of drug-likeness (QED) is 0.743. The van der Waals surface area contributed by atoms with Crippen LogP contribution in [0.2, 0.25) is 5.02 Å². The van der Waals surface area contributed by atoms with Crippen LogP contribution in [0.5, 0.6) is 0 Å². The third-order valence-corrected chi connectivity index (χ3v) is 6.55. The Kier molecular flexibility index (Phi) is 6.40. The van der Waals surface area contributed by atoms with Gasteiger partial charge in [-0.15, -0.1) is 0 Å². The molecule has 2 aromatic rings. The average molecular weight is 423 g/mol. The molecule has 1 saturated heterocycles. The van der Waals surface area contributed by atoms with Gasteiger partial charge in [-0.25, -0.2) is 13.1 Å². The van der Waals surface area contributed by atoms with Crippen LogP contribution in [0.3, 0.4) is 0 Å². The van der Waals surface area contributed by atoms with Gasteiger partial charge in [-0.3, -0.25) is 4.79 Å². The number of anilines is 1. The maximum atomic E-state index is 12.7. The first-order chi connectivity index (χ1) is 13.3. The Balaban J connectivity index is 1.79. The number of hydrogen-bond acceptors (Lipinski definition) is 4. The highest BCUT2D eigenvalue weighted by molar-refractivity contribution is 7.89. The summed E-state index contributed by atoms with van der Waals surface area (Å²) in [6.45, 7) is 4.64. The Hall–Kier alpha value is -1.93. The van der Waals surface area contributed by atoms with Crippen LogP contribution in [-0.4, -0.2) is 33.6 Å². The first kappa shape index (κ1) is 20.8.